The fraction of sp³-hybridized carbons (Fsp3) is 0.800. The molecule has 0 amide bonds. The number of unbranched alkanes of at least 4 members (excludes halogenated alkanes) is 1. The molecule has 11 heavy (non-hydrogen) atoms. The second-order valence-electron chi connectivity index (χ2n) is 3.11. The summed E-state index contributed by atoms with van der Waals surface area (Å²) in [7, 11) is 0. The van der Waals surface area contributed by atoms with Gasteiger partial charge in [0.25, 0.3) is 0 Å². The molecule has 0 atom stereocenters. The average molecular weight is 154 g/mol. The molecule has 0 aromatic heterocycles. The van der Waals surface area contributed by atoms with Crippen molar-refractivity contribution in [2.24, 2.45) is 5.92 Å². The number of aliphatic hydroxyl groups excluding tert-OH is 1. The minimum atomic E-state index is 0.263. The van der Waals surface area contributed by atoms with E-state index in [0.717, 1.165) is 25.2 Å². The minimum Gasteiger partial charge on any atom is -0.396 e. The standard InChI is InChI=1S/C10H18O/c1-10(2)8-6-4-3-5-7-9-11/h10-11H,5-9H2,1-2H3. The number of hydrogen-bond acceptors (Lipinski definition) is 1. The first-order valence-electron chi connectivity index (χ1n) is 4.34. The minimum absolute atomic E-state index is 0.263. The predicted molar refractivity (Wildman–Crippen MR) is 48.2 cm³/mol. The Balaban J connectivity index is 3.12. The topological polar surface area (TPSA) is 20.2 Å². The third-order valence-corrected chi connectivity index (χ3v) is 1.43. The zero-order chi connectivity index (χ0) is 8.53. The summed E-state index contributed by atoms with van der Waals surface area (Å²) in [5.41, 5.74) is 0. The Bertz CT molecular complexity index is 128. The fourth-order valence-electron chi connectivity index (χ4n) is 0.705. The van der Waals surface area contributed by atoms with Gasteiger partial charge in [0.2, 0.25) is 0 Å². The maximum Gasteiger partial charge on any atom is 0.0440 e. The molecule has 0 rings (SSSR count). The molecule has 64 valence electrons. The van der Waals surface area contributed by atoms with Gasteiger partial charge in [-0.2, -0.15) is 0 Å². The summed E-state index contributed by atoms with van der Waals surface area (Å²) in [5, 5.41) is 8.44. The lowest BCUT2D eigenvalue weighted by Crippen LogP contribution is -1.84. The summed E-state index contributed by atoms with van der Waals surface area (Å²) in [6.07, 6.45) is 3.85. The quantitative estimate of drug-likeness (QED) is 0.486. The highest BCUT2D eigenvalue weighted by Crippen LogP contribution is 2.01. The van der Waals surface area contributed by atoms with Crippen LogP contribution in [0.4, 0.5) is 0 Å². The van der Waals surface area contributed by atoms with Gasteiger partial charge < -0.3 is 5.11 Å². The Morgan fingerprint density at radius 2 is 1.82 bits per heavy atom. The van der Waals surface area contributed by atoms with Crippen LogP contribution in [0.1, 0.15) is 39.5 Å². The van der Waals surface area contributed by atoms with Crippen LogP contribution >= 0.6 is 0 Å². The lowest BCUT2D eigenvalue weighted by atomic mass is 10.1. The van der Waals surface area contributed by atoms with Gasteiger partial charge in [0.1, 0.15) is 0 Å². The van der Waals surface area contributed by atoms with E-state index >= 15 is 0 Å². The van der Waals surface area contributed by atoms with Crippen molar-refractivity contribution >= 4 is 0 Å². The van der Waals surface area contributed by atoms with Crippen LogP contribution in [-0.4, -0.2) is 11.7 Å². The molecule has 1 heteroatoms. The molecule has 0 saturated heterocycles. The number of rotatable bonds is 4. The molecule has 0 aromatic carbocycles. The molecule has 1 N–H and O–H groups in total. The van der Waals surface area contributed by atoms with Crippen LogP contribution < -0.4 is 0 Å². The van der Waals surface area contributed by atoms with E-state index in [1.54, 1.807) is 0 Å². The van der Waals surface area contributed by atoms with Crippen LogP contribution in [0.25, 0.3) is 0 Å². The van der Waals surface area contributed by atoms with Crippen molar-refractivity contribution in [1.82, 2.24) is 0 Å². The van der Waals surface area contributed by atoms with E-state index in [9.17, 15) is 0 Å². The van der Waals surface area contributed by atoms with E-state index in [-0.39, 0.29) is 6.61 Å². The van der Waals surface area contributed by atoms with Crippen molar-refractivity contribution in [3.8, 4) is 11.8 Å². The molecular formula is C10H18O. The van der Waals surface area contributed by atoms with Crippen molar-refractivity contribution < 1.29 is 5.11 Å². The Hall–Kier alpha value is -0.480. The van der Waals surface area contributed by atoms with Gasteiger partial charge in [0.05, 0.1) is 0 Å². The van der Waals surface area contributed by atoms with Gasteiger partial charge in [-0.05, 0) is 18.8 Å². The van der Waals surface area contributed by atoms with Crippen LogP contribution in [0.5, 0.6) is 0 Å². The van der Waals surface area contributed by atoms with Gasteiger partial charge in [-0.25, -0.2) is 0 Å². The molecule has 0 aliphatic heterocycles. The largest absolute Gasteiger partial charge is 0.396 e. The predicted octanol–water partition coefficient (Wildman–Crippen LogP) is 2.20. The zero-order valence-electron chi connectivity index (χ0n) is 7.56. The van der Waals surface area contributed by atoms with E-state index in [0.29, 0.717) is 0 Å². The Morgan fingerprint density at radius 1 is 1.18 bits per heavy atom. The number of aliphatic hydroxyl groups is 1. The van der Waals surface area contributed by atoms with E-state index in [4.69, 9.17) is 5.11 Å². The van der Waals surface area contributed by atoms with Gasteiger partial charge in [0, 0.05) is 19.4 Å². The molecule has 0 unspecified atom stereocenters. The first-order valence-corrected chi connectivity index (χ1v) is 4.34. The molecule has 0 fully saturated rings. The van der Waals surface area contributed by atoms with Crippen LogP contribution in [0.3, 0.4) is 0 Å². The third kappa shape index (κ3) is 9.52. The summed E-state index contributed by atoms with van der Waals surface area (Å²) < 4.78 is 0. The molecule has 0 saturated carbocycles. The van der Waals surface area contributed by atoms with Crippen molar-refractivity contribution in [3.05, 3.63) is 0 Å². The van der Waals surface area contributed by atoms with Crippen molar-refractivity contribution in [2.75, 3.05) is 6.61 Å². The first-order chi connectivity index (χ1) is 5.27. The second-order valence-corrected chi connectivity index (χ2v) is 3.11. The smallest absolute Gasteiger partial charge is 0.0440 e. The fourth-order valence-corrected chi connectivity index (χ4v) is 0.705. The molecule has 0 aliphatic rings. The highest BCUT2D eigenvalue weighted by atomic mass is 16.2. The van der Waals surface area contributed by atoms with Gasteiger partial charge in [-0.15, -0.1) is 11.8 Å². The molecule has 1 nitrogen and oxygen atoms in total. The highest BCUT2D eigenvalue weighted by Gasteiger charge is 1.88. The Kier molecular flexibility index (Phi) is 7.29. The summed E-state index contributed by atoms with van der Waals surface area (Å²) >= 11 is 0. The lowest BCUT2D eigenvalue weighted by Gasteiger charge is -1.96. The van der Waals surface area contributed by atoms with Gasteiger partial charge in [-0.3, -0.25) is 0 Å². The van der Waals surface area contributed by atoms with E-state index in [1.807, 2.05) is 0 Å². The maximum absolute atomic E-state index is 8.44. The number of hydrogen-bond donors (Lipinski definition) is 1. The molecule has 0 heterocycles. The Labute approximate surface area is 69.8 Å². The molecule has 0 aromatic rings. The van der Waals surface area contributed by atoms with Gasteiger partial charge in [0.15, 0.2) is 0 Å². The summed E-state index contributed by atoms with van der Waals surface area (Å²) in [4.78, 5) is 0. The van der Waals surface area contributed by atoms with Crippen molar-refractivity contribution in [1.29, 1.82) is 0 Å². The van der Waals surface area contributed by atoms with Crippen LogP contribution in [0.15, 0.2) is 0 Å². The van der Waals surface area contributed by atoms with Crippen LogP contribution in [-0.2, 0) is 0 Å². The van der Waals surface area contributed by atoms with Gasteiger partial charge >= 0.3 is 0 Å². The molecule has 0 aliphatic carbocycles. The van der Waals surface area contributed by atoms with E-state index in [1.165, 1.54) is 6.42 Å². The third-order valence-electron chi connectivity index (χ3n) is 1.43. The highest BCUT2D eigenvalue weighted by molar-refractivity contribution is 4.98. The maximum atomic E-state index is 8.44. The first kappa shape index (κ1) is 10.5. The summed E-state index contributed by atoms with van der Waals surface area (Å²) in [6, 6.07) is 0. The monoisotopic (exact) mass is 154 g/mol. The molecular weight excluding hydrogens is 136 g/mol. The van der Waals surface area contributed by atoms with E-state index < -0.39 is 0 Å². The van der Waals surface area contributed by atoms with Crippen molar-refractivity contribution in [3.63, 3.8) is 0 Å². The zero-order valence-corrected chi connectivity index (χ0v) is 7.56. The van der Waals surface area contributed by atoms with E-state index in [2.05, 4.69) is 25.7 Å². The van der Waals surface area contributed by atoms with Crippen LogP contribution in [0, 0.1) is 17.8 Å². The second kappa shape index (κ2) is 7.63. The molecule has 0 bridgehead atoms. The Morgan fingerprint density at radius 3 is 2.36 bits per heavy atom. The average Bonchev–Trinajstić information content (AvgIpc) is 1.96. The SMILES string of the molecule is CC(C)CCC#CCCCO. The normalized spacial score (nSPS) is 9.45. The molecule has 0 spiro atoms. The summed E-state index contributed by atoms with van der Waals surface area (Å²) in [6.45, 7) is 4.67. The van der Waals surface area contributed by atoms with Crippen LogP contribution in [0.2, 0.25) is 0 Å². The lowest BCUT2D eigenvalue weighted by molar-refractivity contribution is 0.290. The summed E-state index contributed by atoms with van der Waals surface area (Å²) in [5.74, 6) is 6.87. The molecule has 0 radical (unpaired) electrons. The van der Waals surface area contributed by atoms with Gasteiger partial charge in [-0.1, -0.05) is 13.8 Å². The van der Waals surface area contributed by atoms with Crippen molar-refractivity contribution in [2.45, 2.75) is 39.5 Å².